The van der Waals surface area contributed by atoms with E-state index in [2.05, 4.69) is 114 Å². The third-order valence-corrected chi connectivity index (χ3v) is 12.8. The monoisotopic (exact) mass is 778 g/mol. The molecule has 1 atom stereocenters. The molecule has 0 aromatic heterocycles. The molecule has 0 N–H and O–H groups in total. The number of benzene rings is 2. The van der Waals surface area contributed by atoms with Crippen LogP contribution >= 0.6 is 45.2 Å². The molecule has 0 bridgehead atoms. The Morgan fingerprint density at radius 2 is 1.22 bits per heavy atom. The molecule has 194 valence electrons. The number of hydrogen-bond donors (Lipinski definition) is 0. The van der Waals surface area contributed by atoms with Crippen LogP contribution in [0.25, 0.3) is 0 Å². The van der Waals surface area contributed by atoms with Gasteiger partial charge in [-0.1, -0.05) is 127 Å². The third kappa shape index (κ3) is 8.77. The summed E-state index contributed by atoms with van der Waals surface area (Å²) in [6.45, 7) is 8.93. The van der Waals surface area contributed by atoms with Gasteiger partial charge in [-0.05, 0) is 67.3 Å². The zero-order valence-electron chi connectivity index (χ0n) is 21.4. The molecule has 0 amide bonds. The Kier molecular flexibility index (Phi) is 14.2. The topological polar surface area (TPSA) is 35.5 Å². The zero-order chi connectivity index (χ0) is 26.2. The summed E-state index contributed by atoms with van der Waals surface area (Å²) in [4.78, 5) is 12.7. The van der Waals surface area contributed by atoms with Gasteiger partial charge in [0.25, 0.3) is 8.32 Å². The molecule has 2 saturated carbocycles. The van der Waals surface area contributed by atoms with Gasteiger partial charge in [0.1, 0.15) is 12.5 Å². The van der Waals surface area contributed by atoms with E-state index in [0.717, 1.165) is 7.85 Å². The number of rotatable bonds is 7. The molecule has 2 aromatic rings. The van der Waals surface area contributed by atoms with Gasteiger partial charge in [-0.25, -0.2) is 0 Å². The van der Waals surface area contributed by atoms with E-state index in [9.17, 15) is 4.79 Å². The third-order valence-electron chi connectivity index (χ3n) is 5.86. The Labute approximate surface area is 263 Å². The van der Waals surface area contributed by atoms with Crippen molar-refractivity contribution in [1.29, 1.82) is 0 Å². The fourth-order valence-electron chi connectivity index (χ4n) is 4.24. The Bertz CT molecular complexity index is 878. The van der Waals surface area contributed by atoms with Crippen molar-refractivity contribution in [2.45, 2.75) is 38.8 Å². The van der Waals surface area contributed by atoms with Gasteiger partial charge in [-0.3, -0.25) is 4.79 Å². The number of hydrogen-bond acceptors (Lipinski definition) is 3. The second kappa shape index (κ2) is 15.7. The standard InChI is InChI=1S/C25H27I2O3Si.C5H5.Fe/c1-18(17-29-24(28)23-21(26)15-16-22(23)27)30-31(25(2,3)4,19-11-7-5-8-12-19)20-13-9-6-10-14-20;1-2-4-5-3-1;/h5-16,18H,17H2,1-4H3;1-5H;/q;;+2/t18-;;/m1../s1. The summed E-state index contributed by atoms with van der Waals surface area (Å²) in [5.41, 5.74) is 0. The van der Waals surface area contributed by atoms with Crippen molar-refractivity contribution >= 4 is 69.8 Å². The molecule has 37 heavy (non-hydrogen) atoms. The molecule has 0 aliphatic heterocycles. The number of halogens is 2. The summed E-state index contributed by atoms with van der Waals surface area (Å²) < 4.78 is 14.5. The van der Waals surface area contributed by atoms with E-state index in [4.69, 9.17) is 9.16 Å². The smallest absolute Gasteiger partial charge is 0.462 e. The molecule has 0 unspecified atom stereocenters. The van der Waals surface area contributed by atoms with E-state index in [-0.39, 0.29) is 40.8 Å². The summed E-state index contributed by atoms with van der Waals surface area (Å²) in [6, 6.07) is 21.0. The van der Waals surface area contributed by atoms with Gasteiger partial charge >= 0.3 is 23.0 Å². The van der Waals surface area contributed by atoms with E-state index >= 15 is 0 Å². The maximum atomic E-state index is 12.7. The van der Waals surface area contributed by atoms with E-state index in [1.54, 1.807) is 0 Å². The quantitative estimate of drug-likeness (QED) is 0.185. The van der Waals surface area contributed by atoms with Gasteiger partial charge in [0.2, 0.25) is 0 Å². The first-order chi connectivity index (χ1) is 17.2. The summed E-state index contributed by atoms with van der Waals surface area (Å²) in [5.74, 6) is 0.343. The normalized spacial score (nSPS) is 18.0. The molecular weight excluding hydrogens is 746 g/mol. The van der Waals surface area contributed by atoms with E-state index < -0.39 is 8.32 Å². The summed E-state index contributed by atoms with van der Waals surface area (Å²) in [7, 11) is -2.67. The minimum absolute atomic E-state index is 0. The minimum atomic E-state index is -2.67. The van der Waals surface area contributed by atoms with Crippen molar-refractivity contribution in [3.63, 3.8) is 0 Å². The van der Waals surface area contributed by atoms with Gasteiger partial charge in [0.05, 0.1) is 14.0 Å². The molecule has 2 aliphatic rings. The number of esters is 1. The molecule has 7 heteroatoms. The molecule has 2 fully saturated rings. The molecule has 10 radical (unpaired) electrons. The molecule has 2 aliphatic carbocycles. The number of carbonyl (C=O) groups excluding carboxylic acids is 1. The first-order valence-electron chi connectivity index (χ1n) is 11.9. The maximum Gasteiger partial charge on any atom is 2.00 e. The summed E-state index contributed by atoms with van der Waals surface area (Å²) in [6.07, 6.45) is 13.6. The van der Waals surface area contributed by atoms with Crippen LogP contribution in [-0.2, 0) is 31.0 Å². The molecule has 3 nitrogen and oxygen atoms in total. The van der Waals surface area contributed by atoms with Crippen LogP contribution in [-0.4, -0.2) is 27.0 Å². The predicted molar refractivity (Wildman–Crippen MR) is 167 cm³/mol. The second-order valence-electron chi connectivity index (χ2n) is 9.56. The average molecular weight is 778 g/mol. The molecule has 0 heterocycles. The van der Waals surface area contributed by atoms with Crippen molar-refractivity contribution in [2.75, 3.05) is 6.61 Å². The number of ether oxygens (including phenoxy) is 1. The van der Waals surface area contributed by atoms with Crippen LogP contribution in [0.15, 0.2) is 60.7 Å². The van der Waals surface area contributed by atoms with E-state index in [1.807, 2.05) is 64.0 Å². The van der Waals surface area contributed by atoms with Crippen LogP contribution < -0.4 is 10.4 Å². The molecule has 0 spiro atoms. The molecular formula is C30H32FeI2O3Si+2. The van der Waals surface area contributed by atoms with Gasteiger partial charge in [-0.15, -0.1) is 0 Å². The van der Waals surface area contributed by atoms with Crippen LogP contribution in [0.2, 0.25) is 5.04 Å². The first-order valence-corrected chi connectivity index (χ1v) is 16.0. The first kappa shape index (κ1) is 33.3. The van der Waals surface area contributed by atoms with Gasteiger partial charge in [0, 0.05) is 0 Å². The fraction of sp³-hybridized carbons (Fsp3) is 0.233. The summed E-state index contributed by atoms with van der Waals surface area (Å²) in [5, 5.41) is 2.31. The van der Waals surface area contributed by atoms with Gasteiger partial charge < -0.3 is 9.16 Å². The SMILES string of the molecule is C[C@H](COC(=O)[C]1[C](I)[CH][CH][C]1I)O[Si](c1ccccc1)(c1ccccc1)C(C)(C)C.[CH]1[CH][CH][CH][CH]1.[Fe+2]. The van der Waals surface area contributed by atoms with E-state index in [0.29, 0.717) is 5.92 Å². The largest absolute Gasteiger partial charge is 2.00 e. The molecule has 4 rings (SSSR count). The van der Waals surface area contributed by atoms with Crippen molar-refractivity contribution in [3.8, 4) is 0 Å². The van der Waals surface area contributed by atoms with Crippen molar-refractivity contribution in [2.24, 2.45) is 0 Å². The van der Waals surface area contributed by atoms with Crippen LogP contribution in [0, 0.1) is 58.7 Å². The van der Waals surface area contributed by atoms with E-state index in [1.165, 1.54) is 10.4 Å². The van der Waals surface area contributed by atoms with Crippen LogP contribution in [0.4, 0.5) is 0 Å². The van der Waals surface area contributed by atoms with Crippen molar-refractivity contribution < 1.29 is 31.0 Å². The van der Waals surface area contributed by atoms with Crippen LogP contribution in [0.5, 0.6) is 0 Å². The minimum Gasteiger partial charge on any atom is -0.462 e. The predicted octanol–water partition coefficient (Wildman–Crippen LogP) is 6.44. The average Bonchev–Trinajstić information content (AvgIpc) is 3.55. The number of carbonyl (C=O) groups is 1. The van der Waals surface area contributed by atoms with Crippen LogP contribution in [0.3, 0.4) is 0 Å². The van der Waals surface area contributed by atoms with Crippen molar-refractivity contribution in [1.82, 2.24) is 0 Å². The van der Waals surface area contributed by atoms with Crippen molar-refractivity contribution in [3.05, 3.63) is 119 Å². The second-order valence-corrected chi connectivity index (χ2v) is 16.1. The van der Waals surface area contributed by atoms with Crippen LogP contribution in [0.1, 0.15) is 27.7 Å². The van der Waals surface area contributed by atoms with Gasteiger partial charge in [-0.2, -0.15) is 0 Å². The zero-order valence-corrected chi connectivity index (χ0v) is 27.9. The Morgan fingerprint density at radius 1 is 0.811 bits per heavy atom. The van der Waals surface area contributed by atoms with Gasteiger partial charge in [0.15, 0.2) is 0 Å². The Balaban J connectivity index is 0.000000716. The molecule has 0 saturated heterocycles. The summed E-state index contributed by atoms with van der Waals surface area (Å²) >= 11 is 4.34. The Hall–Kier alpha value is 0.0664. The maximum absolute atomic E-state index is 12.7. The fourth-order valence-corrected chi connectivity index (χ4v) is 10.8. The Morgan fingerprint density at radius 3 is 1.59 bits per heavy atom. The molecule has 2 aromatic carbocycles.